The zero-order valence-electron chi connectivity index (χ0n) is 5.07. The van der Waals surface area contributed by atoms with Crippen LogP contribution in [0.15, 0.2) is 24.4 Å². The molecule has 0 spiro atoms. The standard InChI is InChI=1S/C6H7N.2Cr/c1-6-4-2-3-5-7-6;;/h2-5H,1H3;;. The van der Waals surface area contributed by atoms with E-state index in [-0.39, 0.29) is 34.7 Å². The van der Waals surface area contributed by atoms with Gasteiger partial charge >= 0.3 is 0 Å². The molecule has 0 N–H and O–H groups in total. The van der Waals surface area contributed by atoms with E-state index in [2.05, 4.69) is 4.98 Å². The maximum absolute atomic E-state index is 3.98. The van der Waals surface area contributed by atoms with Gasteiger partial charge in [-0.2, -0.15) is 0 Å². The Morgan fingerprint density at radius 3 is 2.11 bits per heavy atom. The van der Waals surface area contributed by atoms with Crippen molar-refractivity contribution >= 4 is 0 Å². The molecular formula is C6H7Cr2N. The third-order valence-corrected chi connectivity index (χ3v) is 0.813. The van der Waals surface area contributed by atoms with E-state index in [4.69, 9.17) is 0 Å². The Morgan fingerprint density at radius 1 is 1.22 bits per heavy atom. The van der Waals surface area contributed by atoms with Crippen molar-refractivity contribution in [3.8, 4) is 0 Å². The molecule has 0 aliphatic rings. The summed E-state index contributed by atoms with van der Waals surface area (Å²) >= 11 is 0. The van der Waals surface area contributed by atoms with Crippen LogP contribution in [0.25, 0.3) is 0 Å². The van der Waals surface area contributed by atoms with Crippen molar-refractivity contribution in [1.82, 2.24) is 4.98 Å². The van der Waals surface area contributed by atoms with Crippen LogP contribution < -0.4 is 0 Å². The molecule has 0 saturated heterocycles. The molecule has 1 rings (SSSR count). The minimum absolute atomic E-state index is 0. The van der Waals surface area contributed by atoms with E-state index in [1.165, 1.54) is 0 Å². The Morgan fingerprint density at radius 2 is 1.89 bits per heavy atom. The summed E-state index contributed by atoms with van der Waals surface area (Å²) in [5.74, 6) is 0. The molecular weight excluding hydrogens is 190 g/mol. The second kappa shape index (κ2) is 6.34. The number of pyridine rings is 1. The second-order valence-electron chi connectivity index (χ2n) is 1.47. The van der Waals surface area contributed by atoms with Crippen LogP contribution in [0.5, 0.6) is 0 Å². The maximum Gasteiger partial charge on any atom is 0.0372 e. The van der Waals surface area contributed by atoms with Gasteiger partial charge in [-0.05, 0) is 19.1 Å². The first-order chi connectivity index (χ1) is 3.39. The van der Waals surface area contributed by atoms with Gasteiger partial charge in [0.1, 0.15) is 0 Å². The first kappa shape index (κ1) is 11.9. The molecule has 0 atom stereocenters. The van der Waals surface area contributed by atoms with Crippen molar-refractivity contribution < 1.29 is 34.7 Å². The number of aromatic nitrogens is 1. The molecule has 1 aromatic heterocycles. The van der Waals surface area contributed by atoms with E-state index in [9.17, 15) is 0 Å². The molecule has 0 radical (unpaired) electrons. The molecule has 48 valence electrons. The molecule has 1 heterocycles. The van der Waals surface area contributed by atoms with Gasteiger partial charge in [0, 0.05) is 46.6 Å². The van der Waals surface area contributed by atoms with Gasteiger partial charge in [-0.15, -0.1) is 0 Å². The Labute approximate surface area is 76.8 Å². The van der Waals surface area contributed by atoms with Gasteiger partial charge < -0.3 is 0 Å². The molecule has 0 bridgehead atoms. The fraction of sp³-hybridized carbons (Fsp3) is 0.167. The first-order valence-corrected chi connectivity index (χ1v) is 2.27. The first-order valence-electron chi connectivity index (χ1n) is 2.27. The molecule has 9 heavy (non-hydrogen) atoms. The van der Waals surface area contributed by atoms with E-state index < -0.39 is 0 Å². The molecule has 1 aromatic rings. The zero-order valence-corrected chi connectivity index (χ0v) is 7.62. The quantitative estimate of drug-likeness (QED) is 0.612. The summed E-state index contributed by atoms with van der Waals surface area (Å²) in [6.45, 7) is 1.97. The van der Waals surface area contributed by atoms with Crippen LogP contribution in [0.3, 0.4) is 0 Å². The molecule has 0 amide bonds. The molecule has 0 fully saturated rings. The predicted molar refractivity (Wildman–Crippen MR) is 29.0 cm³/mol. The summed E-state index contributed by atoms with van der Waals surface area (Å²) in [6.07, 6.45) is 1.79. The smallest absolute Gasteiger partial charge is 0.0372 e. The van der Waals surface area contributed by atoms with Crippen LogP contribution in [-0.4, -0.2) is 4.98 Å². The average molecular weight is 197 g/mol. The summed E-state index contributed by atoms with van der Waals surface area (Å²) in [6, 6.07) is 5.86. The van der Waals surface area contributed by atoms with Gasteiger partial charge in [-0.1, -0.05) is 6.07 Å². The Balaban J connectivity index is 0. The van der Waals surface area contributed by atoms with E-state index in [0.717, 1.165) is 5.69 Å². The van der Waals surface area contributed by atoms with Gasteiger partial charge in [0.2, 0.25) is 0 Å². The summed E-state index contributed by atoms with van der Waals surface area (Å²) in [4.78, 5) is 3.98. The maximum atomic E-state index is 3.98. The minimum Gasteiger partial charge on any atom is -0.262 e. The summed E-state index contributed by atoms with van der Waals surface area (Å²) in [5, 5.41) is 0. The fourth-order valence-corrected chi connectivity index (χ4v) is 0.448. The van der Waals surface area contributed by atoms with Gasteiger partial charge in [0.05, 0.1) is 0 Å². The molecule has 3 heteroatoms. The van der Waals surface area contributed by atoms with Crippen LogP contribution in [0, 0.1) is 6.92 Å². The molecule has 1 nitrogen and oxygen atoms in total. The summed E-state index contributed by atoms with van der Waals surface area (Å²) in [7, 11) is 0. The molecule has 0 aliphatic carbocycles. The third-order valence-electron chi connectivity index (χ3n) is 0.813. The van der Waals surface area contributed by atoms with Crippen LogP contribution >= 0.6 is 0 Å². The largest absolute Gasteiger partial charge is 0.262 e. The van der Waals surface area contributed by atoms with Crippen LogP contribution in [0.2, 0.25) is 0 Å². The van der Waals surface area contributed by atoms with E-state index in [0.29, 0.717) is 0 Å². The van der Waals surface area contributed by atoms with Crippen molar-refractivity contribution in [3.05, 3.63) is 30.1 Å². The number of rotatable bonds is 0. The Kier molecular flexibility index (Phi) is 8.41. The molecule has 0 aromatic carbocycles. The minimum atomic E-state index is 0. The van der Waals surface area contributed by atoms with E-state index in [1.807, 2.05) is 25.1 Å². The van der Waals surface area contributed by atoms with Gasteiger partial charge in [0.15, 0.2) is 0 Å². The molecule has 0 unspecified atom stereocenters. The predicted octanol–water partition coefficient (Wildman–Crippen LogP) is 1.39. The van der Waals surface area contributed by atoms with Crippen LogP contribution in [0.1, 0.15) is 5.69 Å². The molecule has 0 saturated carbocycles. The number of aryl methyl sites for hydroxylation is 1. The Bertz CT molecular complexity index is 141. The summed E-state index contributed by atoms with van der Waals surface area (Å²) in [5.41, 5.74) is 1.07. The molecule has 0 aliphatic heterocycles. The monoisotopic (exact) mass is 197 g/mol. The average Bonchev–Trinajstić information content (AvgIpc) is 1.69. The summed E-state index contributed by atoms with van der Waals surface area (Å²) < 4.78 is 0. The SMILES string of the molecule is Cc1ccccn1.[Cr].[Cr]. The zero-order chi connectivity index (χ0) is 5.11. The normalized spacial score (nSPS) is 6.78. The van der Waals surface area contributed by atoms with Crippen molar-refractivity contribution in [3.63, 3.8) is 0 Å². The van der Waals surface area contributed by atoms with Crippen molar-refractivity contribution in [2.45, 2.75) is 6.92 Å². The van der Waals surface area contributed by atoms with Gasteiger partial charge in [-0.25, -0.2) is 0 Å². The van der Waals surface area contributed by atoms with Crippen molar-refractivity contribution in [2.75, 3.05) is 0 Å². The van der Waals surface area contributed by atoms with Crippen LogP contribution in [0.4, 0.5) is 0 Å². The van der Waals surface area contributed by atoms with Crippen LogP contribution in [-0.2, 0) is 34.7 Å². The number of hydrogen-bond acceptors (Lipinski definition) is 1. The topological polar surface area (TPSA) is 12.9 Å². The van der Waals surface area contributed by atoms with E-state index >= 15 is 0 Å². The van der Waals surface area contributed by atoms with Gasteiger partial charge in [-0.3, -0.25) is 4.98 Å². The fourth-order valence-electron chi connectivity index (χ4n) is 0.448. The number of nitrogens with zero attached hydrogens (tertiary/aromatic N) is 1. The van der Waals surface area contributed by atoms with Crippen molar-refractivity contribution in [1.29, 1.82) is 0 Å². The Hall–Kier alpha value is 0.215. The van der Waals surface area contributed by atoms with Gasteiger partial charge in [0.25, 0.3) is 0 Å². The van der Waals surface area contributed by atoms with E-state index in [1.54, 1.807) is 6.20 Å². The van der Waals surface area contributed by atoms with Crippen molar-refractivity contribution in [2.24, 2.45) is 0 Å². The number of hydrogen-bond donors (Lipinski definition) is 0. The second-order valence-corrected chi connectivity index (χ2v) is 1.47. The third kappa shape index (κ3) is 4.70.